The van der Waals surface area contributed by atoms with Crippen molar-refractivity contribution in [3.63, 3.8) is 0 Å². The summed E-state index contributed by atoms with van der Waals surface area (Å²) in [6.45, 7) is 5.82. The Labute approximate surface area is 111 Å². The van der Waals surface area contributed by atoms with Gasteiger partial charge in [-0.1, -0.05) is 17.7 Å². The molecule has 1 atom stereocenters. The molecule has 0 aliphatic carbocycles. The van der Waals surface area contributed by atoms with E-state index >= 15 is 0 Å². The van der Waals surface area contributed by atoms with Gasteiger partial charge in [0.15, 0.2) is 0 Å². The maximum absolute atomic E-state index is 11.2. The Bertz CT molecular complexity index is 601. The molecule has 0 aliphatic rings. The van der Waals surface area contributed by atoms with Gasteiger partial charge in [-0.2, -0.15) is 0 Å². The highest BCUT2D eigenvalue weighted by atomic mass is 35.5. The first-order chi connectivity index (χ1) is 8.43. The molecule has 0 amide bonds. The van der Waals surface area contributed by atoms with Gasteiger partial charge in [-0.3, -0.25) is 4.79 Å². The van der Waals surface area contributed by atoms with Crippen molar-refractivity contribution in [3.8, 4) is 0 Å². The summed E-state index contributed by atoms with van der Waals surface area (Å²) in [5.41, 5.74) is 1.76. The number of fused-ring (bicyclic) bond motifs is 1. The van der Waals surface area contributed by atoms with Crippen LogP contribution in [-0.4, -0.2) is 15.6 Å². The molecule has 1 N–H and O–H groups in total. The number of carboxylic acid groups (broad SMARTS) is 1. The van der Waals surface area contributed by atoms with E-state index in [9.17, 15) is 9.90 Å². The lowest BCUT2D eigenvalue weighted by atomic mass is 10.0. The van der Waals surface area contributed by atoms with Crippen LogP contribution in [-0.2, 0) is 4.79 Å². The zero-order valence-electron chi connectivity index (χ0n) is 10.6. The lowest BCUT2D eigenvalue weighted by Gasteiger charge is -2.08. The van der Waals surface area contributed by atoms with Crippen molar-refractivity contribution in [1.29, 1.82) is 0 Å². The largest absolute Gasteiger partial charge is 0.481 e. The third kappa shape index (κ3) is 1.99. The molecule has 1 aromatic carbocycles. The number of carbonyl (C=O) groups is 1. The van der Waals surface area contributed by atoms with Crippen LogP contribution in [0.25, 0.3) is 10.9 Å². The molecule has 18 heavy (non-hydrogen) atoms. The first-order valence-electron chi connectivity index (χ1n) is 5.95. The van der Waals surface area contributed by atoms with E-state index in [1.807, 2.05) is 18.3 Å². The maximum Gasteiger partial charge on any atom is 0.310 e. The fraction of sp³-hybridized carbons (Fsp3) is 0.357. The molecule has 0 spiro atoms. The van der Waals surface area contributed by atoms with Crippen LogP contribution in [0.5, 0.6) is 0 Å². The highest BCUT2D eigenvalue weighted by molar-refractivity contribution is 6.35. The molecular formula is C14H16ClNO2. The summed E-state index contributed by atoms with van der Waals surface area (Å²) < 4.78 is 2.07. The number of aromatic nitrogens is 1. The number of rotatable bonds is 3. The smallest absolute Gasteiger partial charge is 0.310 e. The fourth-order valence-electron chi connectivity index (χ4n) is 2.19. The molecule has 4 heteroatoms. The van der Waals surface area contributed by atoms with Crippen LogP contribution in [0.3, 0.4) is 0 Å². The molecule has 3 nitrogen and oxygen atoms in total. The molecule has 1 heterocycles. The van der Waals surface area contributed by atoms with Crippen LogP contribution < -0.4 is 0 Å². The van der Waals surface area contributed by atoms with Gasteiger partial charge in [-0.05, 0) is 38.5 Å². The minimum atomic E-state index is -0.835. The summed E-state index contributed by atoms with van der Waals surface area (Å²) in [5, 5.41) is 10.6. The first kappa shape index (κ1) is 13.0. The van der Waals surface area contributed by atoms with E-state index < -0.39 is 11.9 Å². The Balaban J connectivity index is 2.78. The van der Waals surface area contributed by atoms with E-state index in [1.54, 1.807) is 13.0 Å². The summed E-state index contributed by atoms with van der Waals surface area (Å²) in [4.78, 5) is 11.2. The summed E-state index contributed by atoms with van der Waals surface area (Å²) in [6.07, 6.45) is 1.90. The number of hydrogen-bond donors (Lipinski definition) is 1. The Morgan fingerprint density at radius 2 is 2.00 bits per heavy atom. The van der Waals surface area contributed by atoms with Gasteiger partial charge in [0.2, 0.25) is 0 Å². The molecule has 0 aliphatic heterocycles. The van der Waals surface area contributed by atoms with Crippen molar-refractivity contribution >= 4 is 28.5 Å². The van der Waals surface area contributed by atoms with Gasteiger partial charge in [0.25, 0.3) is 0 Å². The van der Waals surface area contributed by atoms with Gasteiger partial charge in [0.05, 0.1) is 16.5 Å². The summed E-state index contributed by atoms with van der Waals surface area (Å²) in [7, 11) is 0. The van der Waals surface area contributed by atoms with Crippen molar-refractivity contribution in [2.24, 2.45) is 0 Å². The second kappa shape index (κ2) is 4.65. The van der Waals surface area contributed by atoms with Crippen LogP contribution in [0.1, 0.15) is 38.3 Å². The van der Waals surface area contributed by atoms with Crippen LogP contribution in [0.2, 0.25) is 5.02 Å². The average molecular weight is 266 g/mol. The minimum Gasteiger partial charge on any atom is -0.481 e. The summed E-state index contributed by atoms with van der Waals surface area (Å²) in [5.74, 6) is -1.40. The quantitative estimate of drug-likeness (QED) is 0.909. The zero-order valence-corrected chi connectivity index (χ0v) is 11.4. The van der Waals surface area contributed by atoms with E-state index in [0.29, 0.717) is 5.02 Å². The van der Waals surface area contributed by atoms with E-state index in [2.05, 4.69) is 18.4 Å². The van der Waals surface area contributed by atoms with Gasteiger partial charge in [0.1, 0.15) is 0 Å². The molecule has 0 bridgehead atoms. The normalized spacial score (nSPS) is 13.2. The molecule has 2 aromatic rings. The van der Waals surface area contributed by atoms with Crippen molar-refractivity contribution in [2.45, 2.75) is 32.7 Å². The lowest BCUT2D eigenvalue weighted by molar-refractivity contribution is -0.138. The summed E-state index contributed by atoms with van der Waals surface area (Å²) in [6, 6.07) is 5.92. The molecule has 0 radical (unpaired) electrons. The molecular weight excluding hydrogens is 250 g/mol. The second-order valence-corrected chi connectivity index (χ2v) is 5.19. The predicted octanol–water partition coefficient (Wildman–Crippen LogP) is 4.06. The van der Waals surface area contributed by atoms with Gasteiger partial charge < -0.3 is 9.67 Å². The fourth-order valence-corrected chi connectivity index (χ4v) is 2.46. The van der Waals surface area contributed by atoms with E-state index in [-0.39, 0.29) is 6.04 Å². The van der Waals surface area contributed by atoms with Crippen LogP contribution >= 0.6 is 11.6 Å². The van der Waals surface area contributed by atoms with E-state index in [4.69, 9.17) is 11.6 Å². The zero-order chi connectivity index (χ0) is 13.4. The van der Waals surface area contributed by atoms with Crippen LogP contribution in [0.15, 0.2) is 24.4 Å². The van der Waals surface area contributed by atoms with Crippen LogP contribution in [0, 0.1) is 0 Å². The number of halogens is 1. The van der Waals surface area contributed by atoms with E-state index in [1.165, 1.54) is 0 Å². The maximum atomic E-state index is 11.2. The number of benzene rings is 1. The van der Waals surface area contributed by atoms with Crippen molar-refractivity contribution in [1.82, 2.24) is 4.57 Å². The molecule has 1 unspecified atom stereocenters. The number of aliphatic carboxylic acids is 1. The average Bonchev–Trinajstić information content (AvgIpc) is 2.68. The second-order valence-electron chi connectivity index (χ2n) is 4.78. The third-order valence-corrected chi connectivity index (χ3v) is 3.54. The van der Waals surface area contributed by atoms with Gasteiger partial charge in [-0.15, -0.1) is 0 Å². The van der Waals surface area contributed by atoms with Crippen molar-refractivity contribution in [3.05, 3.63) is 35.0 Å². The van der Waals surface area contributed by atoms with Crippen LogP contribution in [0.4, 0.5) is 0 Å². The number of carboxylic acids is 1. The Morgan fingerprint density at radius 1 is 1.33 bits per heavy atom. The van der Waals surface area contributed by atoms with Gasteiger partial charge >= 0.3 is 5.97 Å². The molecule has 96 valence electrons. The minimum absolute atomic E-state index is 0.265. The van der Waals surface area contributed by atoms with E-state index in [0.717, 1.165) is 16.5 Å². The number of hydrogen-bond acceptors (Lipinski definition) is 1. The molecule has 0 saturated heterocycles. The summed E-state index contributed by atoms with van der Waals surface area (Å²) >= 11 is 6.22. The molecule has 0 saturated carbocycles. The third-order valence-electron chi connectivity index (χ3n) is 3.23. The molecule has 0 fully saturated rings. The Hall–Kier alpha value is -1.48. The lowest BCUT2D eigenvalue weighted by Crippen LogP contribution is -2.07. The topological polar surface area (TPSA) is 42.2 Å². The Kier molecular flexibility index (Phi) is 3.35. The highest BCUT2D eigenvalue weighted by Gasteiger charge is 2.21. The Morgan fingerprint density at radius 3 is 2.56 bits per heavy atom. The molecule has 1 aromatic heterocycles. The molecule has 2 rings (SSSR count). The highest BCUT2D eigenvalue weighted by Crippen LogP contribution is 2.34. The van der Waals surface area contributed by atoms with Crippen molar-refractivity contribution in [2.75, 3.05) is 0 Å². The SMILES string of the molecule is CC(C(=O)O)c1cn(C(C)C)c2cccc(Cl)c12. The predicted molar refractivity (Wildman–Crippen MR) is 73.4 cm³/mol. The van der Waals surface area contributed by atoms with Gasteiger partial charge in [-0.25, -0.2) is 0 Å². The van der Waals surface area contributed by atoms with Crippen molar-refractivity contribution < 1.29 is 9.90 Å². The number of nitrogens with zero attached hydrogens (tertiary/aromatic N) is 1. The standard InChI is InChI=1S/C14H16ClNO2/c1-8(2)16-7-10(9(3)14(17)18)13-11(15)5-4-6-12(13)16/h4-9H,1-3H3,(H,17,18). The van der Waals surface area contributed by atoms with Gasteiger partial charge in [0, 0.05) is 17.6 Å². The monoisotopic (exact) mass is 265 g/mol. The first-order valence-corrected chi connectivity index (χ1v) is 6.33.